The minimum absolute atomic E-state index is 0.0598. The van der Waals surface area contributed by atoms with Crippen molar-refractivity contribution >= 4 is 12.0 Å². The topological polar surface area (TPSA) is 53.0 Å². The van der Waals surface area contributed by atoms with E-state index in [0.29, 0.717) is 42.2 Å². The second-order valence-corrected chi connectivity index (χ2v) is 6.06. The monoisotopic (exact) mass is 344 g/mol. The molecule has 25 heavy (non-hydrogen) atoms. The number of anilines is 1. The number of nitrogens with zero attached hydrogens (tertiary/aromatic N) is 2. The number of phenolic OH excluding ortho intramolecular Hbond substituents is 1. The summed E-state index contributed by atoms with van der Waals surface area (Å²) in [5, 5.41) is 10.3. The molecule has 0 radical (unpaired) electrons. The first-order chi connectivity index (χ1) is 12.1. The maximum atomic E-state index is 13.9. The van der Waals surface area contributed by atoms with Gasteiger partial charge in [-0.15, -0.1) is 0 Å². The highest BCUT2D eigenvalue weighted by molar-refractivity contribution is 5.77. The zero-order valence-corrected chi connectivity index (χ0v) is 14.1. The van der Waals surface area contributed by atoms with Crippen LogP contribution in [0.4, 0.5) is 10.1 Å². The number of hydrogen-bond donors (Lipinski definition) is 1. The van der Waals surface area contributed by atoms with Crippen LogP contribution in [0.15, 0.2) is 36.4 Å². The Hall–Kier alpha value is -2.60. The molecule has 1 saturated heterocycles. The number of rotatable bonds is 5. The second kappa shape index (κ2) is 7.53. The van der Waals surface area contributed by atoms with E-state index in [-0.39, 0.29) is 11.6 Å². The molecular weight excluding hydrogens is 323 g/mol. The predicted octanol–water partition coefficient (Wildman–Crippen LogP) is 2.67. The minimum atomic E-state index is -0.211. The molecule has 0 amide bonds. The molecule has 2 aromatic carbocycles. The molecule has 2 aromatic rings. The average Bonchev–Trinajstić information content (AvgIpc) is 2.64. The second-order valence-electron chi connectivity index (χ2n) is 6.06. The molecule has 1 N–H and O–H groups in total. The highest BCUT2D eigenvalue weighted by atomic mass is 19.1. The normalized spacial score (nSPS) is 15.2. The van der Waals surface area contributed by atoms with E-state index in [4.69, 9.17) is 4.74 Å². The molecule has 0 aromatic heterocycles. The van der Waals surface area contributed by atoms with E-state index in [9.17, 15) is 14.3 Å². The SMILES string of the molecule is COc1cc(C=O)cc(CN2CCN(c3ccccc3F)CC2)c1O. The van der Waals surface area contributed by atoms with Crippen LogP contribution in [-0.2, 0) is 6.54 Å². The molecular formula is C19H21FN2O3. The summed E-state index contributed by atoms with van der Waals surface area (Å²) in [6.45, 7) is 3.39. The molecule has 5 nitrogen and oxygen atoms in total. The molecule has 0 spiro atoms. The Labute approximate surface area is 146 Å². The van der Waals surface area contributed by atoms with Crippen LogP contribution in [0.1, 0.15) is 15.9 Å². The zero-order valence-electron chi connectivity index (χ0n) is 14.1. The first-order valence-corrected chi connectivity index (χ1v) is 8.19. The number of benzene rings is 2. The van der Waals surface area contributed by atoms with Crippen molar-refractivity contribution in [3.05, 3.63) is 53.3 Å². The molecule has 0 aliphatic carbocycles. The molecule has 1 fully saturated rings. The van der Waals surface area contributed by atoms with Crippen LogP contribution in [0, 0.1) is 5.82 Å². The van der Waals surface area contributed by atoms with Crippen LogP contribution < -0.4 is 9.64 Å². The maximum Gasteiger partial charge on any atom is 0.162 e. The van der Waals surface area contributed by atoms with Gasteiger partial charge in [-0.2, -0.15) is 0 Å². The number of aldehydes is 1. The first kappa shape index (κ1) is 17.2. The highest BCUT2D eigenvalue weighted by Gasteiger charge is 2.21. The number of halogens is 1. The maximum absolute atomic E-state index is 13.9. The Morgan fingerprint density at radius 3 is 2.56 bits per heavy atom. The fourth-order valence-corrected chi connectivity index (χ4v) is 3.13. The Balaban J connectivity index is 1.68. The van der Waals surface area contributed by atoms with Crippen LogP contribution in [0.3, 0.4) is 0 Å². The van der Waals surface area contributed by atoms with Gasteiger partial charge in [-0.25, -0.2) is 4.39 Å². The Bertz CT molecular complexity index is 758. The van der Waals surface area contributed by atoms with Crippen molar-refractivity contribution in [2.75, 3.05) is 38.2 Å². The number of carbonyl (C=O) groups excluding carboxylic acids is 1. The van der Waals surface area contributed by atoms with Crippen LogP contribution in [0.5, 0.6) is 11.5 Å². The van der Waals surface area contributed by atoms with Gasteiger partial charge in [0.25, 0.3) is 0 Å². The summed E-state index contributed by atoms with van der Waals surface area (Å²) < 4.78 is 19.0. The molecule has 1 heterocycles. The molecule has 132 valence electrons. The average molecular weight is 344 g/mol. The molecule has 0 saturated carbocycles. The van der Waals surface area contributed by atoms with Gasteiger partial charge in [-0.3, -0.25) is 9.69 Å². The fourth-order valence-electron chi connectivity index (χ4n) is 3.13. The van der Waals surface area contributed by atoms with Gasteiger partial charge < -0.3 is 14.7 Å². The molecule has 1 aliphatic rings. The van der Waals surface area contributed by atoms with E-state index in [1.165, 1.54) is 19.2 Å². The van der Waals surface area contributed by atoms with Gasteiger partial charge in [0, 0.05) is 43.9 Å². The molecule has 0 atom stereocenters. The van der Waals surface area contributed by atoms with Crippen molar-refractivity contribution in [1.29, 1.82) is 0 Å². The number of carbonyl (C=O) groups is 1. The van der Waals surface area contributed by atoms with Gasteiger partial charge >= 0.3 is 0 Å². The summed E-state index contributed by atoms with van der Waals surface area (Å²) in [5.74, 6) is 0.145. The van der Waals surface area contributed by atoms with Crippen molar-refractivity contribution in [2.45, 2.75) is 6.54 Å². The predicted molar refractivity (Wildman–Crippen MR) is 93.9 cm³/mol. The van der Waals surface area contributed by atoms with Gasteiger partial charge in [0.1, 0.15) is 12.1 Å². The largest absolute Gasteiger partial charge is 0.504 e. The fraction of sp³-hybridized carbons (Fsp3) is 0.316. The van der Waals surface area contributed by atoms with Crippen LogP contribution in [0.25, 0.3) is 0 Å². The lowest BCUT2D eigenvalue weighted by atomic mass is 10.1. The third-order valence-electron chi connectivity index (χ3n) is 4.49. The summed E-state index contributed by atoms with van der Waals surface area (Å²) >= 11 is 0. The standard InChI is InChI=1S/C19H21FN2O3/c1-25-18-11-14(13-23)10-15(19(18)24)12-21-6-8-22(9-7-21)17-5-3-2-4-16(17)20/h2-5,10-11,13,24H,6-9,12H2,1H3. The summed E-state index contributed by atoms with van der Waals surface area (Å²) in [6.07, 6.45) is 0.738. The van der Waals surface area contributed by atoms with Crippen LogP contribution >= 0.6 is 0 Å². The van der Waals surface area contributed by atoms with E-state index < -0.39 is 0 Å². The van der Waals surface area contributed by atoms with Gasteiger partial charge in [0.15, 0.2) is 11.5 Å². The summed E-state index contributed by atoms with van der Waals surface area (Å²) in [5.41, 5.74) is 1.74. The molecule has 0 bridgehead atoms. The first-order valence-electron chi connectivity index (χ1n) is 8.19. The number of para-hydroxylation sites is 1. The van der Waals surface area contributed by atoms with Gasteiger partial charge in [0.2, 0.25) is 0 Å². The van der Waals surface area contributed by atoms with Gasteiger partial charge in [0.05, 0.1) is 12.8 Å². The van der Waals surface area contributed by atoms with E-state index in [0.717, 1.165) is 19.4 Å². The van der Waals surface area contributed by atoms with E-state index in [1.54, 1.807) is 18.2 Å². The lowest BCUT2D eigenvalue weighted by Crippen LogP contribution is -2.46. The van der Waals surface area contributed by atoms with Crippen LogP contribution in [-0.4, -0.2) is 49.6 Å². The summed E-state index contributed by atoms with van der Waals surface area (Å²) in [7, 11) is 1.46. The van der Waals surface area contributed by atoms with E-state index >= 15 is 0 Å². The van der Waals surface area contributed by atoms with Gasteiger partial charge in [-0.05, 0) is 24.3 Å². The highest BCUT2D eigenvalue weighted by Crippen LogP contribution is 2.32. The molecule has 0 unspecified atom stereocenters. The van der Waals surface area contributed by atoms with Crippen molar-refractivity contribution in [2.24, 2.45) is 0 Å². The van der Waals surface area contributed by atoms with Crippen LogP contribution in [0.2, 0.25) is 0 Å². The lowest BCUT2D eigenvalue weighted by Gasteiger charge is -2.36. The quantitative estimate of drug-likeness (QED) is 0.845. The number of ether oxygens (including phenoxy) is 1. The Morgan fingerprint density at radius 2 is 1.92 bits per heavy atom. The molecule has 3 rings (SSSR count). The van der Waals surface area contributed by atoms with Crippen molar-refractivity contribution < 1.29 is 19.0 Å². The number of methoxy groups -OCH3 is 1. The Morgan fingerprint density at radius 1 is 1.20 bits per heavy atom. The Kier molecular flexibility index (Phi) is 5.19. The van der Waals surface area contributed by atoms with E-state index in [1.807, 2.05) is 11.0 Å². The lowest BCUT2D eigenvalue weighted by molar-refractivity contribution is 0.112. The van der Waals surface area contributed by atoms with Crippen molar-refractivity contribution in [3.8, 4) is 11.5 Å². The van der Waals surface area contributed by atoms with Crippen molar-refractivity contribution in [3.63, 3.8) is 0 Å². The van der Waals surface area contributed by atoms with Crippen molar-refractivity contribution in [1.82, 2.24) is 4.90 Å². The number of phenols is 1. The summed E-state index contributed by atoms with van der Waals surface area (Å²) in [4.78, 5) is 15.3. The molecule has 1 aliphatic heterocycles. The van der Waals surface area contributed by atoms with Gasteiger partial charge in [-0.1, -0.05) is 12.1 Å². The molecule has 6 heteroatoms. The third kappa shape index (κ3) is 3.74. The number of piperazine rings is 1. The smallest absolute Gasteiger partial charge is 0.162 e. The minimum Gasteiger partial charge on any atom is -0.504 e. The number of hydrogen-bond acceptors (Lipinski definition) is 5. The number of aromatic hydroxyl groups is 1. The zero-order chi connectivity index (χ0) is 17.8. The van der Waals surface area contributed by atoms with E-state index in [2.05, 4.69) is 4.90 Å². The third-order valence-corrected chi connectivity index (χ3v) is 4.49. The summed E-state index contributed by atoms with van der Waals surface area (Å²) in [6, 6.07) is 9.97.